The molecule has 0 aromatic heterocycles. The Labute approximate surface area is 135 Å². The lowest BCUT2D eigenvalue weighted by molar-refractivity contribution is 0.174. The van der Waals surface area contributed by atoms with Crippen molar-refractivity contribution in [1.82, 2.24) is 0 Å². The third-order valence-corrected chi connectivity index (χ3v) is 3.59. The highest BCUT2D eigenvalue weighted by Crippen LogP contribution is 2.39. The predicted octanol–water partition coefficient (Wildman–Crippen LogP) is 4.19. The van der Waals surface area contributed by atoms with Crippen molar-refractivity contribution >= 4 is 11.6 Å². The van der Waals surface area contributed by atoms with Gasteiger partial charge in [0.2, 0.25) is 6.79 Å². The van der Waals surface area contributed by atoms with Crippen molar-refractivity contribution in [2.45, 2.75) is 13.8 Å². The highest BCUT2D eigenvalue weighted by molar-refractivity contribution is 5.91. The number of nitrogens with zero attached hydrogens (tertiary/aromatic N) is 1. The first-order valence-corrected chi connectivity index (χ1v) is 7.46. The Hall–Kier alpha value is -2.93. The molecule has 0 N–H and O–H groups in total. The first-order valence-electron chi connectivity index (χ1n) is 7.46. The quantitative estimate of drug-likeness (QED) is 0.628. The molecule has 0 spiro atoms. The van der Waals surface area contributed by atoms with E-state index in [0.717, 1.165) is 16.7 Å². The van der Waals surface area contributed by atoms with E-state index in [1.165, 1.54) is 0 Å². The Morgan fingerprint density at radius 1 is 1.22 bits per heavy atom. The van der Waals surface area contributed by atoms with Gasteiger partial charge in [-0.3, -0.25) is 0 Å². The summed E-state index contributed by atoms with van der Waals surface area (Å²) in [6.45, 7) is 4.68. The summed E-state index contributed by atoms with van der Waals surface area (Å²) in [5.74, 6) is 2.01. The zero-order valence-electron chi connectivity index (χ0n) is 13.1. The van der Waals surface area contributed by atoms with E-state index in [1.54, 1.807) is 0 Å². The number of aryl methyl sites for hydroxylation is 1. The number of benzene rings is 2. The Kier molecular flexibility index (Phi) is 4.20. The van der Waals surface area contributed by atoms with E-state index < -0.39 is 0 Å². The Balaban J connectivity index is 2.05. The molecular formula is C19H17NO3. The highest BCUT2D eigenvalue weighted by Gasteiger charge is 2.17. The minimum atomic E-state index is 0.205. The second-order valence-electron chi connectivity index (χ2n) is 5.21. The first kappa shape index (κ1) is 15.0. The fraction of sp³-hybridized carbons (Fsp3) is 0.211. The molecule has 0 unspecified atom stereocenters. The molecule has 1 heterocycles. The number of rotatable bonds is 4. The van der Waals surface area contributed by atoms with Crippen LogP contribution < -0.4 is 14.2 Å². The summed E-state index contributed by atoms with van der Waals surface area (Å²) < 4.78 is 16.5. The molecule has 1 aliphatic heterocycles. The van der Waals surface area contributed by atoms with Crippen LogP contribution in [0.3, 0.4) is 0 Å². The van der Waals surface area contributed by atoms with Gasteiger partial charge >= 0.3 is 0 Å². The monoisotopic (exact) mass is 307 g/mol. The van der Waals surface area contributed by atoms with Crippen molar-refractivity contribution in [2.24, 2.45) is 0 Å². The molecule has 1 aliphatic rings. The Bertz CT molecular complexity index is 785. The smallest absolute Gasteiger partial charge is 0.231 e. The van der Waals surface area contributed by atoms with Crippen LogP contribution in [0.4, 0.5) is 0 Å². The number of allylic oxidation sites excluding steroid dienone is 1. The minimum absolute atomic E-state index is 0.205. The van der Waals surface area contributed by atoms with Crippen molar-refractivity contribution in [3.63, 3.8) is 0 Å². The highest BCUT2D eigenvalue weighted by atomic mass is 16.7. The van der Waals surface area contributed by atoms with Gasteiger partial charge in [0.15, 0.2) is 11.5 Å². The summed E-state index contributed by atoms with van der Waals surface area (Å²) in [6, 6.07) is 13.8. The molecule has 0 amide bonds. The van der Waals surface area contributed by atoms with Gasteiger partial charge < -0.3 is 14.2 Å². The maximum Gasteiger partial charge on any atom is 0.231 e. The number of hydrogen-bond donors (Lipinski definition) is 0. The summed E-state index contributed by atoms with van der Waals surface area (Å²) in [5, 5.41) is 9.51. The molecule has 0 saturated heterocycles. The maximum atomic E-state index is 9.51. The van der Waals surface area contributed by atoms with Crippen LogP contribution in [0.1, 0.15) is 23.6 Å². The average Bonchev–Trinajstić information content (AvgIpc) is 3.01. The van der Waals surface area contributed by atoms with E-state index in [2.05, 4.69) is 6.07 Å². The van der Waals surface area contributed by atoms with Gasteiger partial charge in [0.1, 0.15) is 5.75 Å². The van der Waals surface area contributed by atoms with Crippen molar-refractivity contribution in [3.05, 3.63) is 53.1 Å². The second kappa shape index (κ2) is 6.45. The first-order chi connectivity index (χ1) is 11.2. The minimum Gasteiger partial charge on any atom is -0.493 e. The molecular weight excluding hydrogens is 290 g/mol. The van der Waals surface area contributed by atoms with Crippen LogP contribution in [0.5, 0.6) is 17.2 Å². The van der Waals surface area contributed by atoms with Crippen molar-refractivity contribution in [3.8, 4) is 23.3 Å². The van der Waals surface area contributed by atoms with E-state index in [0.29, 0.717) is 29.4 Å². The van der Waals surface area contributed by atoms with Gasteiger partial charge in [0, 0.05) is 11.6 Å². The zero-order valence-corrected chi connectivity index (χ0v) is 13.1. The molecule has 0 atom stereocenters. The largest absolute Gasteiger partial charge is 0.493 e. The maximum absolute atomic E-state index is 9.51. The average molecular weight is 307 g/mol. The summed E-state index contributed by atoms with van der Waals surface area (Å²) in [4.78, 5) is 0. The van der Waals surface area contributed by atoms with Crippen LogP contribution >= 0.6 is 0 Å². The van der Waals surface area contributed by atoms with Crippen molar-refractivity contribution < 1.29 is 14.2 Å². The van der Waals surface area contributed by atoms with Crippen LogP contribution in [0.15, 0.2) is 36.4 Å². The number of nitriles is 1. The van der Waals surface area contributed by atoms with Crippen LogP contribution in [0.25, 0.3) is 11.6 Å². The van der Waals surface area contributed by atoms with Crippen molar-refractivity contribution in [1.29, 1.82) is 5.26 Å². The molecule has 0 bridgehead atoms. The SMILES string of the molecule is CCOc1cc2c(cc1/C=C(\C#N)c1ccc(C)cc1)OCO2. The summed E-state index contributed by atoms with van der Waals surface area (Å²) in [7, 11) is 0. The molecule has 0 fully saturated rings. The van der Waals surface area contributed by atoms with Gasteiger partial charge in [-0.05, 0) is 31.6 Å². The van der Waals surface area contributed by atoms with Gasteiger partial charge in [-0.2, -0.15) is 5.26 Å². The lowest BCUT2D eigenvalue weighted by Crippen LogP contribution is -1.94. The number of fused-ring (bicyclic) bond motifs is 1. The Morgan fingerprint density at radius 2 is 1.91 bits per heavy atom. The van der Waals surface area contributed by atoms with Gasteiger partial charge in [0.05, 0.1) is 18.2 Å². The normalized spacial score (nSPS) is 12.8. The molecule has 4 nitrogen and oxygen atoms in total. The predicted molar refractivity (Wildman–Crippen MR) is 88.4 cm³/mol. The van der Waals surface area contributed by atoms with Gasteiger partial charge in [-0.25, -0.2) is 0 Å². The second-order valence-corrected chi connectivity index (χ2v) is 5.21. The van der Waals surface area contributed by atoms with Crippen LogP contribution in [0.2, 0.25) is 0 Å². The fourth-order valence-corrected chi connectivity index (χ4v) is 2.40. The van der Waals surface area contributed by atoms with Crippen LogP contribution in [0, 0.1) is 18.3 Å². The summed E-state index contributed by atoms with van der Waals surface area (Å²) in [5.41, 5.74) is 3.40. The summed E-state index contributed by atoms with van der Waals surface area (Å²) in [6.07, 6.45) is 1.82. The lowest BCUT2D eigenvalue weighted by atomic mass is 10.0. The van der Waals surface area contributed by atoms with Crippen LogP contribution in [-0.2, 0) is 0 Å². The molecule has 4 heteroatoms. The molecule has 0 radical (unpaired) electrons. The van der Waals surface area contributed by atoms with Gasteiger partial charge in [-0.15, -0.1) is 0 Å². The number of ether oxygens (including phenoxy) is 3. The lowest BCUT2D eigenvalue weighted by Gasteiger charge is -2.09. The third-order valence-electron chi connectivity index (χ3n) is 3.59. The van der Waals surface area contributed by atoms with Crippen molar-refractivity contribution in [2.75, 3.05) is 13.4 Å². The van der Waals surface area contributed by atoms with E-state index in [4.69, 9.17) is 14.2 Å². The fourth-order valence-electron chi connectivity index (χ4n) is 2.40. The van der Waals surface area contributed by atoms with E-state index in [1.807, 2.05) is 56.3 Å². The van der Waals surface area contributed by atoms with Gasteiger partial charge in [0.25, 0.3) is 0 Å². The zero-order chi connectivity index (χ0) is 16.2. The van der Waals surface area contributed by atoms with Gasteiger partial charge in [-0.1, -0.05) is 29.8 Å². The standard InChI is InChI=1S/C19H17NO3/c1-3-21-17-10-19-18(22-12-23-19)9-15(17)8-16(11-20)14-6-4-13(2)5-7-14/h4-10H,3,12H2,1-2H3/b16-8+. The molecule has 0 saturated carbocycles. The van der Waals surface area contributed by atoms with E-state index in [9.17, 15) is 5.26 Å². The molecule has 3 rings (SSSR count). The molecule has 2 aromatic carbocycles. The number of hydrogen-bond acceptors (Lipinski definition) is 4. The Morgan fingerprint density at radius 3 is 2.57 bits per heavy atom. The summed E-state index contributed by atoms with van der Waals surface area (Å²) >= 11 is 0. The molecule has 2 aromatic rings. The van der Waals surface area contributed by atoms with E-state index >= 15 is 0 Å². The molecule has 0 aliphatic carbocycles. The third kappa shape index (κ3) is 3.14. The van der Waals surface area contributed by atoms with E-state index in [-0.39, 0.29) is 6.79 Å². The molecule has 116 valence electrons. The molecule has 23 heavy (non-hydrogen) atoms. The van der Waals surface area contributed by atoms with Crippen LogP contribution in [-0.4, -0.2) is 13.4 Å². The topological polar surface area (TPSA) is 51.5 Å².